The Bertz CT molecular complexity index is 1430. The van der Waals surface area contributed by atoms with Crippen molar-refractivity contribution >= 4 is 28.1 Å². The summed E-state index contributed by atoms with van der Waals surface area (Å²) in [5.41, 5.74) is 5.61. The Morgan fingerprint density at radius 1 is 1.11 bits per heavy atom. The summed E-state index contributed by atoms with van der Waals surface area (Å²) in [7, 11) is -2.25. The van der Waals surface area contributed by atoms with Crippen LogP contribution in [0.1, 0.15) is 52.1 Å². The van der Waals surface area contributed by atoms with Gasteiger partial charge in [-0.3, -0.25) is 4.79 Å². The molecule has 0 radical (unpaired) electrons. The van der Waals surface area contributed by atoms with Crippen molar-refractivity contribution in [3.8, 4) is 5.75 Å². The van der Waals surface area contributed by atoms with Crippen molar-refractivity contribution in [1.29, 1.82) is 0 Å². The van der Waals surface area contributed by atoms with Crippen LogP contribution in [0.15, 0.2) is 45.8 Å². The van der Waals surface area contributed by atoms with E-state index in [0.717, 1.165) is 28.0 Å². The largest absolute Gasteiger partial charge is 0.496 e. The molecule has 0 spiro atoms. The van der Waals surface area contributed by atoms with E-state index in [-0.39, 0.29) is 35.6 Å². The van der Waals surface area contributed by atoms with Crippen LogP contribution in [-0.4, -0.2) is 44.0 Å². The van der Waals surface area contributed by atoms with Crippen molar-refractivity contribution in [3.63, 3.8) is 0 Å². The first-order valence-electron chi connectivity index (χ1n) is 12.7. The highest BCUT2D eigenvalue weighted by Crippen LogP contribution is 2.30. The predicted molar refractivity (Wildman–Crippen MR) is 147 cm³/mol. The van der Waals surface area contributed by atoms with Crippen LogP contribution in [0.2, 0.25) is 0 Å². The maximum Gasteiger partial charge on any atom is 0.248 e. The summed E-state index contributed by atoms with van der Waals surface area (Å²) in [4.78, 5) is 12.9. The minimum atomic E-state index is -3.85. The molecule has 1 N–H and O–H groups in total. The highest BCUT2D eigenvalue weighted by molar-refractivity contribution is 7.89. The zero-order valence-electron chi connectivity index (χ0n) is 22.6. The molecular formula is C29H35N3O5S. The number of hydrogen-bond donors (Lipinski definition) is 1. The van der Waals surface area contributed by atoms with Gasteiger partial charge in [-0.15, -0.1) is 0 Å². The van der Waals surface area contributed by atoms with E-state index in [0.29, 0.717) is 25.1 Å². The number of aromatic nitrogens is 1. The second-order valence-corrected chi connectivity index (χ2v) is 11.7. The van der Waals surface area contributed by atoms with Crippen LogP contribution >= 0.6 is 0 Å². The van der Waals surface area contributed by atoms with Crippen LogP contribution in [0.3, 0.4) is 0 Å². The van der Waals surface area contributed by atoms with Gasteiger partial charge in [0.1, 0.15) is 11.4 Å². The number of benzene rings is 2. The summed E-state index contributed by atoms with van der Waals surface area (Å²) < 4.78 is 39.4. The van der Waals surface area contributed by atoms with Crippen molar-refractivity contribution < 1.29 is 22.5 Å². The molecule has 8 nitrogen and oxygen atoms in total. The second-order valence-electron chi connectivity index (χ2n) is 9.82. The van der Waals surface area contributed by atoms with Gasteiger partial charge in [0.2, 0.25) is 15.9 Å². The Kier molecular flexibility index (Phi) is 8.38. The zero-order valence-corrected chi connectivity index (χ0v) is 23.4. The predicted octanol–water partition coefficient (Wildman–Crippen LogP) is 4.80. The van der Waals surface area contributed by atoms with Gasteiger partial charge in [0.05, 0.1) is 7.11 Å². The van der Waals surface area contributed by atoms with Crippen molar-refractivity contribution in [2.45, 2.75) is 52.0 Å². The summed E-state index contributed by atoms with van der Waals surface area (Å²) >= 11 is 0. The number of sulfonamides is 1. The average Bonchev–Trinajstić information content (AvgIpc) is 3.27. The number of aryl methyl sites for hydroxylation is 4. The lowest BCUT2D eigenvalue weighted by Crippen LogP contribution is -2.43. The van der Waals surface area contributed by atoms with Crippen molar-refractivity contribution in [3.05, 3.63) is 75.7 Å². The number of rotatable bonds is 8. The number of piperidine rings is 1. The smallest absolute Gasteiger partial charge is 0.248 e. The van der Waals surface area contributed by atoms with Crippen molar-refractivity contribution in [2.75, 3.05) is 20.2 Å². The Balaban J connectivity index is 1.44. The molecule has 0 unspecified atom stereocenters. The molecule has 1 aliphatic rings. The van der Waals surface area contributed by atoms with Gasteiger partial charge in [-0.05, 0) is 69.4 Å². The van der Waals surface area contributed by atoms with Crippen molar-refractivity contribution in [2.24, 2.45) is 5.92 Å². The average molecular weight is 538 g/mol. The molecule has 202 valence electrons. The number of carbonyl (C=O) groups excluding carboxylic acids is 1. The maximum atomic E-state index is 13.6. The molecule has 0 atom stereocenters. The summed E-state index contributed by atoms with van der Waals surface area (Å²) in [6.45, 7) is 8.59. The first kappa shape index (κ1) is 27.6. The van der Waals surface area contributed by atoms with Gasteiger partial charge in [-0.25, -0.2) is 8.42 Å². The fourth-order valence-electron chi connectivity index (χ4n) is 5.07. The number of nitrogens with zero attached hydrogens (tertiary/aromatic N) is 2. The Morgan fingerprint density at radius 3 is 2.42 bits per heavy atom. The molecule has 1 aliphatic heterocycles. The number of para-hydroxylation sites is 1. The fraction of sp³-hybridized carbons (Fsp3) is 0.379. The first-order valence-corrected chi connectivity index (χ1v) is 14.2. The molecule has 2 heterocycles. The third-order valence-corrected chi connectivity index (χ3v) is 9.10. The molecule has 4 rings (SSSR count). The minimum Gasteiger partial charge on any atom is -0.496 e. The molecule has 0 aliphatic carbocycles. The van der Waals surface area contributed by atoms with E-state index in [1.807, 2.05) is 51.1 Å². The van der Waals surface area contributed by atoms with E-state index in [1.165, 1.54) is 9.87 Å². The van der Waals surface area contributed by atoms with E-state index in [4.69, 9.17) is 9.26 Å². The standard InChI is InChI=1S/C29H35N3O5S/c1-19-16-20(2)25(21(3)17-19)10-11-27-28(22(4)31-37-27)38(34,35)32-14-12-23(13-15-32)29(33)30-18-24-8-6-7-9-26(24)36-5/h6-11,16-17,23H,12-15,18H2,1-5H3,(H,30,33)/b11-10+. The van der Waals surface area contributed by atoms with Gasteiger partial charge in [0.25, 0.3) is 0 Å². The van der Waals surface area contributed by atoms with Gasteiger partial charge in [-0.2, -0.15) is 4.31 Å². The van der Waals surface area contributed by atoms with Crippen LogP contribution < -0.4 is 10.1 Å². The monoisotopic (exact) mass is 537 g/mol. The van der Waals surface area contributed by atoms with Crippen LogP contribution in [0.25, 0.3) is 12.2 Å². The van der Waals surface area contributed by atoms with Gasteiger partial charge in [-0.1, -0.05) is 47.1 Å². The Hall–Kier alpha value is -3.43. The van der Waals surface area contributed by atoms with Crippen molar-refractivity contribution in [1.82, 2.24) is 14.8 Å². The van der Waals surface area contributed by atoms with E-state index < -0.39 is 10.0 Å². The van der Waals surface area contributed by atoms with Crippen LogP contribution in [0, 0.1) is 33.6 Å². The van der Waals surface area contributed by atoms with Crippen LogP contribution in [-0.2, 0) is 21.4 Å². The molecule has 38 heavy (non-hydrogen) atoms. The normalized spacial score (nSPS) is 15.2. The summed E-state index contributed by atoms with van der Waals surface area (Å²) in [6, 6.07) is 11.7. The van der Waals surface area contributed by atoms with Gasteiger partial charge >= 0.3 is 0 Å². The summed E-state index contributed by atoms with van der Waals surface area (Å²) in [6.07, 6.45) is 4.43. The van der Waals surface area contributed by atoms with E-state index in [2.05, 4.69) is 22.6 Å². The van der Waals surface area contributed by atoms with Crippen LogP contribution in [0.4, 0.5) is 0 Å². The molecule has 3 aromatic rings. The van der Waals surface area contributed by atoms with Gasteiger partial charge in [0, 0.05) is 31.1 Å². The van der Waals surface area contributed by atoms with Gasteiger partial charge < -0.3 is 14.6 Å². The third-order valence-electron chi connectivity index (χ3n) is 7.04. The SMILES string of the molecule is COc1ccccc1CNC(=O)C1CCN(S(=O)(=O)c2c(C)noc2/C=C/c2c(C)cc(C)cc2C)CC1. The first-order chi connectivity index (χ1) is 18.1. The van der Waals surface area contributed by atoms with E-state index in [9.17, 15) is 13.2 Å². The van der Waals surface area contributed by atoms with Gasteiger partial charge in [0.15, 0.2) is 10.7 Å². The second kappa shape index (κ2) is 11.5. The summed E-state index contributed by atoms with van der Waals surface area (Å²) in [5.74, 6) is 0.585. The molecule has 9 heteroatoms. The Morgan fingerprint density at radius 2 is 1.76 bits per heavy atom. The molecule has 1 saturated heterocycles. The fourth-order valence-corrected chi connectivity index (χ4v) is 6.79. The highest BCUT2D eigenvalue weighted by Gasteiger charge is 2.36. The molecule has 1 aromatic heterocycles. The number of hydrogen-bond acceptors (Lipinski definition) is 6. The number of methoxy groups -OCH3 is 1. The van der Waals surface area contributed by atoms with Crippen LogP contribution in [0.5, 0.6) is 5.75 Å². The zero-order chi connectivity index (χ0) is 27.4. The lowest BCUT2D eigenvalue weighted by atomic mass is 9.97. The highest BCUT2D eigenvalue weighted by atomic mass is 32.2. The molecule has 1 amide bonds. The third kappa shape index (κ3) is 5.84. The molecule has 2 aromatic carbocycles. The number of carbonyl (C=O) groups is 1. The lowest BCUT2D eigenvalue weighted by molar-refractivity contribution is -0.126. The molecule has 1 fully saturated rings. The Labute approximate surface area is 224 Å². The topological polar surface area (TPSA) is 102 Å². The lowest BCUT2D eigenvalue weighted by Gasteiger charge is -2.30. The number of nitrogens with one attached hydrogen (secondary N) is 1. The van der Waals surface area contributed by atoms with E-state index >= 15 is 0 Å². The molecular weight excluding hydrogens is 502 g/mol. The quantitative estimate of drug-likeness (QED) is 0.443. The minimum absolute atomic E-state index is 0.0789. The number of amides is 1. The summed E-state index contributed by atoms with van der Waals surface area (Å²) in [5, 5.41) is 6.92. The van der Waals surface area contributed by atoms with E-state index in [1.54, 1.807) is 20.1 Å². The molecule has 0 saturated carbocycles. The molecule has 0 bridgehead atoms. The number of ether oxygens (including phenoxy) is 1. The maximum absolute atomic E-state index is 13.6.